The first kappa shape index (κ1) is 12.0. The Labute approximate surface area is 91.3 Å². The van der Waals surface area contributed by atoms with Gasteiger partial charge in [0.25, 0.3) is 0 Å². The summed E-state index contributed by atoms with van der Waals surface area (Å²) in [6.45, 7) is 8.47. The van der Waals surface area contributed by atoms with Gasteiger partial charge in [-0.1, -0.05) is 27.7 Å². The molecule has 0 amide bonds. The molecule has 0 aliphatic rings. The van der Waals surface area contributed by atoms with E-state index in [2.05, 4.69) is 27.7 Å². The lowest BCUT2D eigenvalue weighted by molar-refractivity contribution is 0.340. The number of methoxy groups -OCH3 is 1. The fraction of sp³-hybridized carbons (Fsp3) is 0.538. The molecule has 0 aromatic heterocycles. The van der Waals surface area contributed by atoms with E-state index in [4.69, 9.17) is 4.74 Å². The van der Waals surface area contributed by atoms with Gasteiger partial charge in [0.05, 0.1) is 7.11 Å². The van der Waals surface area contributed by atoms with Crippen LogP contribution in [0.15, 0.2) is 18.2 Å². The summed E-state index contributed by atoms with van der Waals surface area (Å²) in [5.74, 6) is 0.975. The highest BCUT2D eigenvalue weighted by atomic mass is 19.1. The van der Waals surface area contributed by atoms with Gasteiger partial charge in [0, 0.05) is 5.56 Å². The first-order valence-corrected chi connectivity index (χ1v) is 5.23. The van der Waals surface area contributed by atoms with Gasteiger partial charge in [0.2, 0.25) is 0 Å². The molecule has 0 unspecified atom stereocenters. The summed E-state index contributed by atoms with van der Waals surface area (Å²) in [5.41, 5.74) is 0.841. The molecule has 1 nitrogen and oxygen atoms in total. The van der Waals surface area contributed by atoms with E-state index < -0.39 is 0 Å². The van der Waals surface area contributed by atoms with Crippen LogP contribution in [0.1, 0.15) is 33.3 Å². The Hall–Kier alpha value is -1.05. The van der Waals surface area contributed by atoms with Crippen LogP contribution in [0.5, 0.6) is 5.75 Å². The Morgan fingerprint density at radius 2 is 1.87 bits per heavy atom. The molecule has 15 heavy (non-hydrogen) atoms. The third kappa shape index (κ3) is 2.31. The van der Waals surface area contributed by atoms with E-state index in [1.54, 1.807) is 19.2 Å². The quantitative estimate of drug-likeness (QED) is 0.738. The normalized spacial score (nSPS) is 11.9. The minimum Gasteiger partial charge on any atom is -0.496 e. The van der Waals surface area contributed by atoms with Gasteiger partial charge in [0.15, 0.2) is 0 Å². The molecule has 0 aliphatic carbocycles. The van der Waals surface area contributed by atoms with Gasteiger partial charge in [-0.25, -0.2) is 4.39 Å². The molecule has 1 aromatic carbocycles. The van der Waals surface area contributed by atoms with Crippen LogP contribution in [0.25, 0.3) is 0 Å². The minimum atomic E-state index is -0.209. The zero-order valence-electron chi connectivity index (χ0n) is 10.1. The average Bonchev–Trinajstić information content (AvgIpc) is 2.17. The van der Waals surface area contributed by atoms with Gasteiger partial charge in [-0.05, 0) is 29.5 Å². The molecule has 0 atom stereocenters. The fourth-order valence-corrected chi connectivity index (χ4v) is 1.49. The average molecular weight is 210 g/mol. The Kier molecular flexibility index (Phi) is 3.38. The van der Waals surface area contributed by atoms with E-state index in [1.807, 2.05) is 0 Å². The molecular weight excluding hydrogens is 191 g/mol. The molecule has 0 fully saturated rings. The number of halogens is 1. The maximum Gasteiger partial charge on any atom is 0.123 e. The molecule has 1 aromatic rings. The van der Waals surface area contributed by atoms with Crippen molar-refractivity contribution >= 4 is 0 Å². The molecule has 0 saturated carbocycles. The summed E-state index contributed by atoms with van der Waals surface area (Å²) in [4.78, 5) is 0. The van der Waals surface area contributed by atoms with E-state index >= 15 is 0 Å². The summed E-state index contributed by atoms with van der Waals surface area (Å²) >= 11 is 0. The van der Waals surface area contributed by atoms with Gasteiger partial charge in [0.1, 0.15) is 11.6 Å². The molecule has 0 N–H and O–H groups in total. The monoisotopic (exact) mass is 210 g/mol. The first-order chi connectivity index (χ1) is 6.89. The molecule has 0 aliphatic heterocycles. The Balaban J connectivity index is 3.28. The maximum absolute atomic E-state index is 13.2. The zero-order valence-corrected chi connectivity index (χ0v) is 10.1. The lowest BCUT2D eigenvalue weighted by Gasteiger charge is -2.31. The Morgan fingerprint density at radius 3 is 2.33 bits per heavy atom. The highest BCUT2D eigenvalue weighted by molar-refractivity contribution is 5.39. The topological polar surface area (TPSA) is 9.23 Å². The standard InChI is InChI=1S/C13H19FO/c1-9(2)13(3,4)11-8-10(14)6-7-12(11)15-5/h6-9H,1-5H3. The SMILES string of the molecule is COc1ccc(F)cc1C(C)(C)C(C)C. The predicted octanol–water partition coefficient (Wildman–Crippen LogP) is 3.77. The zero-order chi connectivity index (χ0) is 11.6. The van der Waals surface area contributed by atoms with Crippen LogP contribution in [-0.4, -0.2) is 7.11 Å². The van der Waals surface area contributed by atoms with E-state index in [0.29, 0.717) is 5.92 Å². The van der Waals surface area contributed by atoms with Crippen molar-refractivity contribution in [3.8, 4) is 5.75 Å². The minimum absolute atomic E-state index is 0.0898. The fourth-order valence-electron chi connectivity index (χ4n) is 1.49. The Morgan fingerprint density at radius 1 is 1.27 bits per heavy atom. The molecule has 0 saturated heterocycles. The molecular formula is C13H19FO. The molecule has 0 bridgehead atoms. The number of rotatable bonds is 3. The highest BCUT2D eigenvalue weighted by Crippen LogP contribution is 2.37. The Bertz CT molecular complexity index is 342. The van der Waals surface area contributed by atoms with Crippen molar-refractivity contribution in [2.45, 2.75) is 33.1 Å². The van der Waals surface area contributed by atoms with Gasteiger partial charge in [-0.15, -0.1) is 0 Å². The maximum atomic E-state index is 13.2. The third-order valence-corrected chi connectivity index (χ3v) is 3.30. The summed E-state index contributed by atoms with van der Waals surface area (Å²) < 4.78 is 18.5. The first-order valence-electron chi connectivity index (χ1n) is 5.23. The van der Waals surface area contributed by atoms with E-state index in [0.717, 1.165) is 11.3 Å². The van der Waals surface area contributed by atoms with Crippen molar-refractivity contribution in [3.05, 3.63) is 29.6 Å². The van der Waals surface area contributed by atoms with Crippen molar-refractivity contribution in [2.75, 3.05) is 7.11 Å². The second-order valence-corrected chi connectivity index (χ2v) is 4.72. The van der Waals surface area contributed by atoms with Gasteiger partial charge < -0.3 is 4.74 Å². The summed E-state index contributed by atoms with van der Waals surface area (Å²) in [5, 5.41) is 0. The summed E-state index contributed by atoms with van der Waals surface area (Å²) in [7, 11) is 1.62. The van der Waals surface area contributed by atoms with Crippen LogP contribution in [0.2, 0.25) is 0 Å². The third-order valence-electron chi connectivity index (χ3n) is 3.30. The number of benzene rings is 1. The van der Waals surface area contributed by atoms with Crippen molar-refractivity contribution in [1.29, 1.82) is 0 Å². The van der Waals surface area contributed by atoms with Crippen molar-refractivity contribution in [2.24, 2.45) is 5.92 Å². The van der Waals surface area contributed by atoms with Gasteiger partial charge >= 0.3 is 0 Å². The number of hydrogen-bond acceptors (Lipinski definition) is 1. The summed E-state index contributed by atoms with van der Waals surface area (Å²) in [6, 6.07) is 4.69. The van der Waals surface area contributed by atoms with Crippen LogP contribution in [0.3, 0.4) is 0 Å². The van der Waals surface area contributed by atoms with E-state index in [1.165, 1.54) is 6.07 Å². The van der Waals surface area contributed by atoms with E-state index in [9.17, 15) is 4.39 Å². The molecule has 0 heterocycles. The van der Waals surface area contributed by atoms with Crippen LogP contribution in [0.4, 0.5) is 4.39 Å². The van der Waals surface area contributed by atoms with Crippen molar-refractivity contribution < 1.29 is 9.13 Å². The lowest BCUT2D eigenvalue weighted by Crippen LogP contribution is -2.25. The number of ether oxygens (including phenoxy) is 1. The summed E-state index contributed by atoms with van der Waals surface area (Å²) in [6.07, 6.45) is 0. The molecule has 84 valence electrons. The molecule has 1 rings (SSSR count). The predicted molar refractivity (Wildman–Crippen MR) is 60.8 cm³/mol. The van der Waals surface area contributed by atoms with Crippen LogP contribution < -0.4 is 4.74 Å². The van der Waals surface area contributed by atoms with E-state index in [-0.39, 0.29) is 11.2 Å². The number of hydrogen-bond donors (Lipinski definition) is 0. The van der Waals surface area contributed by atoms with Crippen LogP contribution in [0, 0.1) is 11.7 Å². The molecule has 0 radical (unpaired) electrons. The second kappa shape index (κ2) is 4.21. The largest absolute Gasteiger partial charge is 0.496 e. The second-order valence-electron chi connectivity index (χ2n) is 4.72. The van der Waals surface area contributed by atoms with Crippen molar-refractivity contribution in [1.82, 2.24) is 0 Å². The van der Waals surface area contributed by atoms with Gasteiger partial charge in [-0.2, -0.15) is 0 Å². The van der Waals surface area contributed by atoms with Crippen LogP contribution in [-0.2, 0) is 5.41 Å². The highest BCUT2D eigenvalue weighted by Gasteiger charge is 2.28. The van der Waals surface area contributed by atoms with Gasteiger partial charge in [-0.3, -0.25) is 0 Å². The lowest BCUT2D eigenvalue weighted by atomic mass is 9.75. The molecule has 0 spiro atoms. The smallest absolute Gasteiger partial charge is 0.123 e. The molecule has 2 heteroatoms. The van der Waals surface area contributed by atoms with Crippen LogP contribution >= 0.6 is 0 Å². The van der Waals surface area contributed by atoms with Crippen molar-refractivity contribution in [3.63, 3.8) is 0 Å².